The van der Waals surface area contributed by atoms with Gasteiger partial charge in [-0.25, -0.2) is 0 Å². The van der Waals surface area contributed by atoms with E-state index < -0.39 is 32.3 Å². The summed E-state index contributed by atoms with van der Waals surface area (Å²) in [5.74, 6) is 0. The van der Waals surface area contributed by atoms with E-state index >= 15 is 0 Å². The summed E-state index contributed by atoms with van der Waals surface area (Å²) in [6, 6.07) is 69.9. The Kier molecular flexibility index (Phi) is 16.5. The van der Waals surface area contributed by atoms with Crippen molar-refractivity contribution >= 4 is 81.3 Å². The van der Waals surface area contributed by atoms with E-state index in [4.69, 9.17) is 39.5 Å². The number of rotatable bonds is 6. The highest BCUT2D eigenvalue weighted by atomic mass is 35.5. The largest absolute Gasteiger partial charge is 0.495 e. The Morgan fingerprint density at radius 1 is 0.284 bits per heavy atom. The maximum Gasteiger partial charge on any atom is 0.495 e. The molecule has 13 rings (SSSR count). The number of hydrogen-bond donors (Lipinski definition) is 0. The van der Waals surface area contributed by atoms with Crippen molar-refractivity contribution in [2.75, 3.05) is 0 Å². The molecule has 0 aliphatic carbocycles. The van der Waals surface area contributed by atoms with E-state index in [-0.39, 0.29) is 33.2 Å². The fourth-order valence-electron chi connectivity index (χ4n) is 12.3. The summed E-state index contributed by atoms with van der Waals surface area (Å²) in [7, 11) is -1.39. The minimum absolute atomic E-state index is 0.115. The van der Waals surface area contributed by atoms with Gasteiger partial charge >= 0.3 is 21.1 Å². The summed E-state index contributed by atoms with van der Waals surface area (Å²) in [6.07, 6.45) is 0. The van der Waals surface area contributed by atoms with Crippen LogP contribution in [0.1, 0.15) is 136 Å². The lowest BCUT2D eigenvalue weighted by molar-refractivity contribution is 0.00578. The van der Waals surface area contributed by atoms with Crippen LogP contribution in [0.5, 0.6) is 0 Å². The zero-order valence-electron chi connectivity index (χ0n) is 55.0. The summed E-state index contributed by atoms with van der Waals surface area (Å²) < 4.78 is 36.9. The lowest BCUT2D eigenvalue weighted by Gasteiger charge is -2.32. The lowest BCUT2D eigenvalue weighted by atomic mass is 9.49. The lowest BCUT2D eigenvalue weighted by Crippen LogP contribution is -2.41. The first kappa shape index (κ1) is 63.1. The van der Waals surface area contributed by atoms with Crippen LogP contribution in [-0.4, -0.2) is 54.7 Å². The summed E-state index contributed by atoms with van der Waals surface area (Å²) in [6.45, 7) is 38.2. The van der Waals surface area contributed by atoms with Crippen molar-refractivity contribution in [3.05, 3.63) is 210 Å². The first-order chi connectivity index (χ1) is 41.3. The normalized spacial score (nSPS) is 18.1. The van der Waals surface area contributed by atoms with E-state index in [0.29, 0.717) is 0 Å². The van der Waals surface area contributed by atoms with Crippen molar-refractivity contribution in [2.24, 2.45) is 0 Å². The second-order valence-corrected chi connectivity index (χ2v) is 29.6. The Morgan fingerprint density at radius 2 is 0.534 bits per heavy atom. The van der Waals surface area contributed by atoms with Gasteiger partial charge in [0.1, 0.15) is 0 Å². The highest BCUT2D eigenvalue weighted by Crippen LogP contribution is 2.48. The molecule has 88 heavy (non-hydrogen) atoms. The molecule has 3 heterocycles. The topological polar surface area (TPSA) is 55.4 Å². The summed E-state index contributed by atoms with van der Waals surface area (Å²) in [4.78, 5) is 0. The van der Waals surface area contributed by atoms with E-state index in [1.54, 1.807) is 0 Å². The first-order valence-electron chi connectivity index (χ1n) is 31.3. The number of halogens is 1. The minimum atomic E-state index is -0.476. The first-order valence-corrected chi connectivity index (χ1v) is 31.7. The summed E-state index contributed by atoms with van der Waals surface area (Å²) in [5, 5.41) is 10.7. The molecule has 0 atom stereocenters. The van der Waals surface area contributed by atoms with Gasteiger partial charge in [-0.05, 0) is 199 Å². The molecule has 10 aromatic carbocycles. The molecule has 3 saturated heterocycles. The molecule has 0 saturated carbocycles. The molecular weight excluding hydrogens is 1100 g/mol. The molecule has 450 valence electrons. The van der Waals surface area contributed by atoms with Crippen LogP contribution >= 0.6 is 11.6 Å². The van der Waals surface area contributed by atoms with Gasteiger partial charge in [0.05, 0.1) is 33.6 Å². The standard InChI is InChI=1S/C36H37BO2.C30H25Cl.C12H24B2O4/c1-34(2,3)25-22-20-24(21-23-25)32-26-14-8-10-16-28(26)33(29-17-11-9-15-27(29)32)30-18-12-13-19-31(30)37-38-35(4,5)36(6,7)39-37;1-30(2,3)21-18-16-20(17-19-21)28-22-10-4-6-12-24(22)29(25-13-7-5-11-23(25)28)26-14-8-9-15-27(26)31;1-9(2)10(3,4)16-13(15-9)14-17-11(5,6)12(7,8)18-14/h8-23H,1-7H3;4-19H,1-3H3;1-8H3. The average Bonchev–Trinajstić information content (AvgIpc) is 1.82. The van der Waals surface area contributed by atoms with Crippen LogP contribution in [-0.2, 0) is 38.8 Å². The van der Waals surface area contributed by atoms with Crippen molar-refractivity contribution in [3.63, 3.8) is 0 Å². The monoisotopic (exact) mass is 1190 g/mol. The highest BCUT2D eigenvalue weighted by Gasteiger charge is 2.64. The van der Waals surface area contributed by atoms with Gasteiger partial charge in [0.15, 0.2) is 0 Å². The third kappa shape index (κ3) is 11.7. The number of fused-ring (bicyclic) bond motifs is 4. The number of benzene rings is 10. The van der Waals surface area contributed by atoms with Crippen LogP contribution in [0, 0.1) is 0 Å². The van der Waals surface area contributed by atoms with E-state index in [9.17, 15) is 0 Å². The molecule has 0 amide bonds. The van der Waals surface area contributed by atoms with Gasteiger partial charge in [-0.2, -0.15) is 0 Å². The van der Waals surface area contributed by atoms with E-state index in [1.165, 1.54) is 87.6 Å². The Balaban J connectivity index is 0.000000146. The van der Waals surface area contributed by atoms with Gasteiger partial charge in [0.25, 0.3) is 0 Å². The molecule has 10 heteroatoms. The van der Waals surface area contributed by atoms with Gasteiger partial charge in [0, 0.05) is 10.6 Å². The van der Waals surface area contributed by atoms with E-state index in [2.05, 4.69) is 251 Å². The van der Waals surface area contributed by atoms with Crippen LogP contribution in [0.2, 0.25) is 5.02 Å². The zero-order valence-corrected chi connectivity index (χ0v) is 55.8. The Hall–Kier alpha value is -6.52. The summed E-state index contributed by atoms with van der Waals surface area (Å²) >= 11 is 6.68. The van der Waals surface area contributed by atoms with Gasteiger partial charge < -0.3 is 27.9 Å². The Bertz CT molecular complexity index is 4030. The highest BCUT2D eigenvalue weighted by molar-refractivity contribution is 7.11. The fraction of sp³-hybridized carbons (Fsp3) is 0.333. The van der Waals surface area contributed by atoms with E-state index in [0.717, 1.165) is 21.6 Å². The van der Waals surface area contributed by atoms with Gasteiger partial charge in [-0.3, -0.25) is 0 Å². The zero-order chi connectivity index (χ0) is 63.1. The molecule has 3 fully saturated rings. The summed E-state index contributed by atoms with van der Waals surface area (Å²) in [5.41, 5.74) is 11.4. The van der Waals surface area contributed by atoms with Gasteiger partial charge in [-0.15, -0.1) is 0 Å². The molecule has 0 radical (unpaired) electrons. The Labute approximate surface area is 530 Å². The molecule has 3 aliphatic rings. The molecule has 0 N–H and O–H groups in total. The molecule has 0 spiro atoms. The molecule has 0 aromatic heterocycles. The molecular formula is C78H86B3ClO6. The van der Waals surface area contributed by atoms with Crippen molar-refractivity contribution < 1.29 is 27.9 Å². The van der Waals surface area contributed by atoms with Gasteiger partial charge in [-0.1, -0.05) is 241 Å². The van der Waals surface area contributed by atoms with Crippen LogP contribution < -0.4 is 5.46 Å². The third-order valence-electron chi connectivity index (χ3n) is 19.6. The second kappa shape index (κ2) is 23.1. The van der Waals surface area contributed by atoms with Crippen LogP contribution in [0.25, 0.3) is 87.6 Å². The average molecular weight is 1190 g/mol. The predicted molar refractivity (Wildman–Crippen MR) is 375 cm³/mol. The van der Waals surface area contributed by atoms with Gasteiger partial charge in [0.2, 0.25) is 0 Å². The quantitative estimate of drug-likeness (QED) is 0.122. The SMILES string of the molecule is CC(C)(C)c1ccc(-c2c3ccccc3c(-c3ccccc3B3OC(C)(C)C(C)(C)O3)c3ccccc23)cc1.CC(C)(C)c1ccc(-c2c3ccccc3c(-c3ccccc3Cl)c3ccccc23)cc1.CC1(C)OB(B2OC(C)(C)C(C)(C)O2)OC1(C)C. The predicted octanol–water partition coefficient (Wildman–Crippen LogP) is 20.5. The molecule has 6 nitrogen and oxygen atoms in total. The van der Waals surface area contributed by atoms with Crippen LogP contribution in [0.3, 0.4) is 0 Å². The fourth-order valence-corrected chi connectivity index (χ4v) is 12.5. The third-order valence-corrected chi connectivity index (χ3v) is 19.9. The van der Waals surface area contributed by atoms with Crippen molar-refractivity contribution in [2.45, 2.75) is 169 Å². The molecule has 10 aromatic rings. The molecule has 0 bridgehead atoms. The second-order valence-electron chi connectivity index (χ2n) is 29.2. The molecule has 0 unspecified atom stereocenters. The van der Waals surface area contributed by atoms with Crippen molar-refractivity contribution in [3.8, 4) is 44.5 Å². The van der Waals surface area contributed by atoms with E-state index in [1.807, 2.05) is 67.5 Å². The molecule has 3 aliphatic heterocycles. The maximum atomic E-state index is 6.68. The van der Waals surface area contributed by atoms with Crippen molar-refractivity contribution in [1.29, 1.82) is 0 Å². The smallest absolute Gasteiger partial charge is 0.405 e. The van der Waals surface area contributed by atoms with Crippen LogP contribution in [0.4, 0.5) is 0 Å². The van der Waals surface area contributed by atoms with Crippen LogP contribution in [0.15, 0.2) is 194 Å². The maximum absolute atomic E-state index is 6.68. The number of hydrogen-bond acceptors (Lipinski definition) is 6. The van der Waals surface area contributed by atoms with Crippen molar-refractivity contribution in [1.82, 2.24) is 0 Å². The minimum Gasteiger partial charge on any atom is -0.405 e. The Morgan fingerprint density at radius 3 is 0.841 bits per heavy atom.